The molecule has 1 aromatic heterocycles. The predicted octanol–water partition coefficient (Wildman–Crippen LogP) is 1.54. The van der Waals surface area contributed by atoms with Gasteiger partial charge in [0.1, 0.15) is 11.9 Å². The summed E-state index contributed by atoms with van der Waals surface area (Å²) in [6.07, 6.45) is 0.216. The number of morpholine rings is 1. The van der Waals surface area contributed by atoms with Gasteiger partial charge in [0.15, 0.2) is 5.58 Å². The van der Waals surface area contributed by atoms with Crippen LogP contribution in [0.3, 0.4) is 0 Å². The van der Waals surface area contributed by atoms with Crippen molar-refractivity contribution in [2.75, 3.05) is 26.3 Å². The number of ether oxygens (including phenoxy) is 1. The SMILES string of the molecule is Cc1ccc2oc(CC(=O)N3CCOCC3)nc2c1. The Kier molecular flexibility index (Phi) is 3.21. The highest BCUT2D eigenvalue weighted by molar-refractivity contribution is 5.79. The van der Waals surface area contributed by atoms with E-state index in [-0.39, 0.29) is 12.3 Å². The standard InChI is InChI=1S/C14H16N2O3/c1-10-2-3-12-11(8-10)15-13(19-12)9-14(17)16-4-6-18-7-5-16/h2-3,8H,4-7,9H2,1H3. The van der Waals surface area contributed by atoms with Gasteiger partial charge in [-0.1, -0.05) is 6.07 Å². The molecular formula is C14H16N2O3. The van der Waals surface area contributed by atoms with Gasteiger partial charge in [-0.15, -0.1) is 0 Å². The Balaban J connectivity index is 1.75. The first-order valence-electron chi connectivity index (χ1n) is 6.44. The molecule has 0 N–H and O–H groups in total. The van der Waals surface area contributed by atoms with Crippen molar-refractivity contribution >= 4 is 17.0 Å². The molecule has 5 heteroatoms. The Morgan fingerprint density at radius 3 is 2.95 bits per heavy atom. The van der Waals surface area contributed by atoms with Crippen LogP contribution in [0.2, 0.25) is 0 Å². The number of carbonyl (C=O) groups excluding carboxylic acids is 1. The zero-order valence-corrected chi connectivity index (χ0v) is 10.9. The number of aromatic nitrogens is 1. The molecule has 0 unspecified atom stereocenters. The quantitative estimate of drug-likeness (QED) is 0.822. The summed E-state index contributed by atoms with van der Waals surface area (Å²) in [5, 5.41) is 0. The van der Waals surface area contributed by atoms with E-state index in [1.54, 1.807) is 4.90 Å². The van der Waals surface area contributed by atoms with Crippen molar-refractivity contribution in [2.24, 2.45) is 0 Å². The van der Waals surface area contributed by atoms with Crippen molar-refractivity contribution in [1.82, 2.24) is 9.88 Å². The highest BCUT2D eigenvalue weighted by atomic mass is 16.5. The number of hydrogen-bond acceptors (Lipinski definition) is 4. The second-order valence-electron chi connectivity index (χ2n) is 4.75. The minimum absolute atomic E-state index is 0.0478. The minimum atomic E-state index is 0.0478. The van der Waals surface area contributed by atoms with Crippen LogP contribution in [0.15, 0.2) is 22.6 Å². The molecule has 2 aromatic rings. The molecule has 1 aliphatic rings. The smallest absolute Gasteiger partial charge is 0.232 e. The van der Waals surface area contributed by atoms with E-state index in [2.05, 4.69) is 4.98 Å². The Labute approximate surface area is 111 Å². The number of amides is 1. The average Bonchev–Trinajstić information content (AvgIpc) is 2.81. The summed E-state index contributed by atoms with van der Waals surface area (Å²) >= 11 is 0. The number of fused-ring (bicyclic) bond motifs is 1. The maximum atomic E-state index is 12.1. The van der Waals surface area contributed by atoms with Crippen LogP contribution in [-0.2, 0) is 16.0 Å². The summed E-state index contributed by atoms with van der Waals surface area (Å²) in [7, 11) is 0. The van der Waals surface area contributed by atoms with Crippen LogP contribution in [0.1, 0.15) is 11.5 Å². The van der Waals surface area contributed by atoms with Gasteiger partial charge < -0.3 is 14.1 Å². The lowest BCUT2D eigenvalue weighted by molar-refractivity contribution is -0.134. The van der Waals surface area contributed by atoms with Gasteiger partial charge in [-0.2, -0.15) is 0 Å². The van der Waals surface area contributed by atoms with E-state index in [0.29, 0.717) is 32.2 Å². The van der Waals surface area contributed by atoms with Crippen LogP contribution >= 0.6 is 0 Å². The first-order chi connectivity index (χ1) is 9.22. The molecule has 1 fully saturated rings. The molecule has 0 radical (unpaired) electrons. The fourth-order valence-corrected chi connectivity index (χ4v) is 2.21. The van der Waals surface area contributed by atoms with Crippen molar-refractivity contribution in [3.05, 3.63) is 29.7 Å². The summed E-state index contributed by atoms with van der Waals surface area (Å²) in [5.74, 6) is 0.531. The molecule has 19 heavy (non-hydrogen) atoms. The molecule has 0 atom stereocenters. The van der Waals surface area contributed by atoms with Crippen LogP contribution < -0.4 is 0 Å². The van der Waals surface area contributed by atoms with E-state index in [4.69, 9.17) is 9.15 Å². The average molecular weight is 260 g/mol. The number of nitrogens with zero attached hydrogens (tertiary/aromatic N) is 2. The first kappa shape index (κ1) is 12.2. The molecule has 0 saturated carbocycles. The Bertz CT molecular complexity index is 600. The minimum Gasteiger partial charge on any atom is -0.440 e. The van der Waals surface area contributed by atoms with Gasteiger partial charge in [0.05, 0.1) is 13.2 Å². The van der Waals surface area contributed by atoms with Crippen LogP contribution in [-0.4, -0.2) is 42.1 Å². The van der Waals surface area contributed by atoms with Crippen molar-refractivity contribution in [3.8, 4) is 0 Å². The van der Waals surface area contributed by atoms with E-state index in [9.17, 15) is 4.79 Å². The van der Waals surface area contributed by atoms with E-state index < -0.39 is 0 Å². The van der Waals surface area contributed by atoms with Crippen LogP contribution in [0.4, 0.5) is 0 Å². The largest absolute Gasteiger partial charge is 0.440 e. The molecule has 100 valence electrons. The molecule has 0 aliphatic carbocycles. The van der Waals surface area contributed by atoms with Gasteiger partial charge in [-0.25, -0.2) is 4.98 Å². The van der Waals surface area contributed by atoms with Gasteiger partial charge in [-0.05, 0) is 24.6 Å². The fraction of sp³-hybridized carbons (Fsp3) is 0.429. The van der Waals surface area contributed by atoms with Crippen LogP contribution in [0, 0.1) is 6.92 Å². The summed E-state index contributed by atoms with van der Waals surface area (Å²) in [6.45, 7) is 4.53. The third kappa shape index (κ3) is 2.61. The zero-order valence-electron chi connectivity index (χ0n) is 10.9. The summed E-state index contributed by atoms with van der Waals surface area (Å²) in [5.41, 5.74) is 2.67. The first-order valence-corrected chi connectivity index (χ1v) is 6.44. The third-order valence-electron chi connectivity index (χ3n) is 3.25. The fourth-order valence-electron chi connectivity index (χ4n) is 2.21. The van der Waals surface area contributed by atoms with E-state index in [1.165, 1.54) is 0 Å². The van der Waals surface area contributed by atoms with Crippen molar-refractivity contribution < 1.29 is 13.9 Å². The number of aryl methyl sites for hydroxylation is 1. The van der Waals surface area contributed by atoms with E-state index in [0.717, 1.165) is 16.7 Å². The number of hydrogen-bond donors (Lipinski definition) is 0. The van der Waals surface area contributed by atoms with Crippen molar-refractivity contribution in [2.45, 2.75) is 13.3 Å². The van der Waals surface area contributed by atoms with Gasteiger partial charge >= 0.3 is 0 Å². The molecular weight excluding hydrogens is 244 g/mol. The molecule has 1 aliphatic heterocycles. The van der Waals surface area contributed by atoms with E-state index in [1.807, 2.05) is 25.1 Å². The molecule has 5 nitrogen and oxygen atoms in total. The van der Waals surface area contributed by atoms with Crippen molar-refractivity contribution in [3.63, 3.8) is 0 Å². The summed E-state index contributed by atoms with van der Waals surface area (Å²) < 4.78 is 10.8. The molecule has 0 bridgehead atoms. The summed E-state index contributed by atoms with van der Waals surface area (Å²) in [6, 6.07) is 5.82. The van der Waals surface area contributed by atoms with Gasteiger partial charge in [0, 0.05) is 13.1 Å². The molecule has 3 rings (SSSR count). The van der Waals surface area contributed by atoms with Crippen LogP contribution in [0.25, 0.3) is 11.1 Å². The van der Waals surface area contributed by atoms with Crippen molar-refractivity contribution in [1.29, 1.82) is 0 Å². The molecule has 2 heterocycles. The Morgan fingerprint density at radius 1 is 1.37 bits per heavy atom. The molecule has 1 amide bonds. The maximum absolute atomic E-state index is 12.1. The Morgan fingerprint density at radius 2 is 2.16 bits per heavy atom. The second kappa shape index (κ2) is 5.01. The highest BCUT2D eigenvalue weighted by Gasteiger charge is 2.19. The zero-order chi connectivity index (χ0) is 13.2. The van der Waals surface area contributed by atoms with Gasteiger partial charge in [0.25, 0.3) is 0 Å². The molecule has 1 aromatic carbocycles. The second-order valence-corrected chi connectivity index (χ2v) is 4.75. The number of benzene rings is 1. The molecule has 0 spiro atoms. The normalized spacial score (nSPS) is 15.9. The topological polar surface area (TPSA) is 55.6 Å². The van der Waals surface area contributed by atoms with Crippen LogP contribution in [0.5, 0.6) is 0 Å². The lowest BCUT2D eigenvalue weighted by Gasteiger charge is -2.26. The van der Waals surface area contributed by atoms with Gasteiger partial charge in [-0.3, -0.25) is 4.79 Å². The van der Waals surface area contributed by atoms with Gasteiger partial charge in [0.2, 0.25) is 11.8 Å². The van der Waals surface area contributed by atoms with E-state index >= 15 is 0 Å². The lowest BCUT2D eigenvalue weighted by Crippen LogP contribution is -2.41. The predicted molar refractivity (Wildman–Crippen MR) is 69.8 cm³/mol. The monoisotopic (exact) mass is 260 g/mol. The third-order valence-corrected chi connectivity index (χ3v) is 3.25. The summed E-state index contributed by atoms with van der Waals surface area (Å²) in [4.78, 5) is 18.2. The maximum Gasteiger partial charge on any atom is 0.232 e. The lowest BCUT2D eigenvalue weighted by atomic mass is 10.2. The number of rotatable bonds is 2. The highest BCUT2D eigenvalue weighted by Crippen LogP contribution is 2.17. The molecule has 1 saturated heterocycles. The Hall–Kier alpha value is -1.88. The number of carbonyl (C=O) groups is 1. The number of oxazole rings is 1.